The van der Waals surface area contributed by atoms with Crippen molar-refractivity contribution in [2.75, 3.05) is 18.0 Å². The highest BCUT2D eigenvalue weighted by molar-refractivity contribution is 5.86. The van der Waals surface area contributed by atoms with Gasteiger partial charge in [0, 0.05) is 18.5 Å². The first-order valence-electron chi connectivity index (χ1n) is 6.22. The van der Waals surface area contributed by atoms with E-state index in [1.165, 1.54) is 0 Å². The molecule has 0 unspecified atom stereocenters. The summed E-state index contributed by atoms with van der Waals surface area (Å²) in [5.41, 5.74) is 1.43. The second-order valence-corrected chi connectivity index (χ2v) is 4.14. The van der Waals surface area contributed by atoms with E-state index in [4.69, 9.17) is 5.26 Å². The molecule has 4 nitrogen and oxygen atoms in total. The number of anilines is 1. The first-order valence-corrected chi connectivity index (χ1v) is 6.22. The van der Waals surface area contributed by atoms with E-state index in [1.807, 2.05) is 36.1 Å². The minimum atomic E-state index is 0.449. The van der Waals surface area contributed by atoms with Crippen LogP contribution >= 0.6 is 0 Å². The number of para-hydroxylation sites is 1. The minimum absolute atomic E-state index is 0.449. The molecule has 0 aliphatic heterocycles. The van der Waals surface area contributed by atoms with Crippen LogP contribution in [0.1, 0.15) is 18.9 Å². The second kappa shape index (κ2) is 5.84. The Balaban J connectivity index is 2.50. The van der Waals surface area contributed by atoms with Gasteiger partial charge in [-0.3, -0.25) is 0 Å². The molecule has 0 spiro atoms. The van der Waals surface area contributed by atoms with Gasteiger partial charge in [-0.1, -0.05) is 18.2 Å². The molecule has 2 aromatic rings. The Morgan fingerprint density at radius 2 is 2.05 bits per heavy atom. The number of nitriles is 2. The maximum Gasteiger partial charge on any atom is 0.130 e. The number of aromatic nitrogens is 1. The highest BCUT2D eigenvalue weighted by Gasteiger charge is 2.10. The molecule has 1 aromatic carbocycles. The maximum absolute atomic E-state index is 9.24. The molecule has 0 amide bonds. The van der Waals surface area contributed by atoms with Crippen LogP contribution in [0, 0.1) is 22.7 Å². The van der Waals surface area contributed by atoms with Crippen LogP contribution < -0.4 is 4.90 Å². The van der Waals surface area contributed by atoms with E-state index < -0.39 is 0 Å². The van der Waals surface area contributed by atoms with Crippen LogP contribution in [0.2, 0.25) is 0 Å². The standard InChI is InChI=1S/C15H14N4/c1-2-19(9-5-8-16)15-10-12(11-17)13-6-3-4-7-14(13)18-15/h3-4,6-7,10H,2,5,9H2,1H3. The van der Waals surface area contributed by atoms with Gasteiger partial charge in [0.05, 0.1) is 29.6 Å². The Bertz CT molecular complexity index is 664. The second-order valence-electron chi connectivity index (χ2n) is 4.14. The Labute approximate surface area is 112 Å². The SMILES string of the molecule is CCN(CCC#N)c1cc(C#N)c2ccccc2n1. The van der Waals surface area contributed by atoms with E-state index in [-0.39, 0.29) is 0 Å². The van der Waals surface area contributed by atoms with Gasteiger partial charge in [-0.2, -0.15) is 10.5 Å². The van der Waals surface area contributed by atoms with Gasteiger partial charge in [-0.05, 0) is 19.1 Å². The van der Waals surface area contributed by atoms with E-state index in [9.17, 15) is 5.26 Å². The van der Waals surface area contributed by atoms with Crippen molar-refractivity contribution < 1.29 is 0 Å². The Morgan fingerprint density at radius 1 is 1.26 bits per heavy atom. The lowest BCUT2D eigenvalue weighted by atomic mass is 10.1. The van der Waals surface area contributed by atoms with Gasteiger partial charge in [-0.25, -0.2) is 4.98 Å². The zero-order chi connectivity index (χ0) is 13.7. The molecule has 0 bridgehead atoms. The molecule has 0 saturated carbocycles. The molecule has 4 heteroatoms. The topological polar surface area (TPSA) is 63.7 Å². The minimum Gasteiger partial charge on any atom is -0.356 e. The molecule has 0 aliphatic carbocycles. The first kappa shape index (κ1) is 12.9. The molecule has 94 valence electrons. The number of rotatable bonds is 4. The molecule has 0 N–H and O–H groups in total. The van der Waals surface area contributed by atoms with Gasteiger partial charge in [0.2, 0.25) is 0 Å². The molecule has 1 aromatic heterocycles. The normalized spacial score (nSPS) is 9.84. The summed E-state index contributed by atoms with van der Waals surface area (Å²) in [5, 5.41) is 18.8. The summed E-state index contributed by atoms with van der Waals surface area (Å²) in [6.07, 6.45) is 0.449. The van der Waals surface area contributed by atoms with Crippen molar-refractivity contribution in [2.45, 2.75) is 13.3 Å². The monoisotopic (exact) mass is 250 g/mol. The van der Waals surface area contributed by atoms with Gasteiger partial charge in [0.15, 0.2) is 0 Å². The van der Waals surface area contributed by atoms with Gasteiger partial charge >= 0.3 is 0 Å². The zero-order valence-electron chi connectivity index (χ0n) is 10.8. The van der Waals surface area contributed by atoms with E-state index in [1.54, 1.807) is 6.07 Å². The van der Waals surface area contributed by atoms with Crippen LogP contribution in [-0.2, 0) is 0 Å². The van der Waals surface area contributed by atoms with Crippen molar-refractivity contribution in [3.05, 3.63) is 35.9 Å². The van der Waals surface area contributed by atoms with Gasteiger partial charge < -0.3 is 4.90 Å². The number of hydrogen-bond donors (Lipinski definition) is 0. The lowest BCUT2D eigenvalue weighted by molar-refractivity contribution is 0.813. The Morgan fingerprint density at radius 3 is 2.74 bits per heavy atom. The van der Waals surface area contributed by atoms with Crippen molar-refractivity contribution in [2.24, 2.45) is 0 Å². The maximum atomic E-state index is 9.24. The summed E-state index contributed by atoms with van der Waals surface area (Å²) in [4.78, 5) is 6.58. The fourth-order valence-electron chi connectivity index (χ4n) is 2.04. The molecular weight excluding hydrogens is 236 g/mol. The average Bonchev–Trinajstić information content (AvgIpc) is 2.47. The predicted octanol–water partition coefficient (Wildman–Crippen LogP) is 2.85. The fraction of sp³-hybridized carbons (Fsp3) is 0.267. The Hall–Kier alpha value is -2.59. The van der Waals surface area contributed by atoms with Gasteiger partial charge in [0.25, 0.3) is 0 Å². The third-order valence-electron chi connectivity index (χ3n) is 3.02. The molecular formula is C15H14N4. The average molecular weight is 250 g/mol. The fourth-order valence-corrected chi connectivity index (χ4v) is 2.04. The van der Waals surface area contributed by atoms with Crippen molar-refractivity contribution in [3.63, 3.8) is 0 Å². The predicted molar refractivity (Wildman–Crippen MR) is 74.6 cm³/mol. The third kappa shape index (κ3) is 2.64. The smallest absolute Gasteiger partial charge is 0.130 e. The van der Waals surface area contributed by atoms with E-state index in [2.05, 4.69) is 17.1 Å². The summed E-state index contributed by atoms with van der Waals surface area (Å²) in [5.74, 6) is 0.757. The van der Waals surface area contributed by atoms with Crippen molar-refractivity contribution in [1.29, 1.82) is 10.5 Å². The molecule has 0 saturated heterocycles. The van der Waals surface area contributed by atoms with Crippen LogP contribution in [0.5, 0.6) is 0 Å². The highest BCUT2D eigenvalue weighted by Crippen LogP contribution is 2.22. The molecule has 0 aliphatic rings. The Kier molecular flexibility index (Phi) is 3.95. The number of nitrogens with zero attached hydrogens (tertiary/aromatic N) is 4. The molecule has 0 fully saturated rings. The zero-order valence-corrected chi connectivity index (χ0v) is 10.8. The molecule has 0 atom stereocenters. The van der Waals surface area contributed by atoms with Crippen molar-refractivity contribution >= 4 is 16.7 Å². The van der Waals surface area contributed by atoms with Crippen LogP contribution in [-0.4, -0.2) is 18.1 Å². The molecule has 19 heavy (non-hydrogen) atoms. The number of benzene rings is 1. The van der Waals surface area contributed by atoms with Crippen molar-refractivity contribution in [1.82, 2.24) is 4.98 Å². The lowest BCUT2D eigenvalue weighted by Crippen LogP contribution is -2.24. The number of pyridine rings is 1. The number of hydrogen-bond acceptors (Lipinski definition) is 4. The van der Waals surface area contributed by atoms with Crippen LogP contribution in [0.4, 0.5) is 5.82 Å². The third-order valence-corrected chi connectivity index (χ3v) is 3.02. The van der Waals surface area contributed by atoms with E-state index >= 15 is 0 Å². The quantitative estimate of drug-likeness (QED) is 0.837. The van der Waals surface area contributed by atoms with E-state index in [0.717, 1.165) is 23.3 Å². The van der Waals surface area contributed by atoms with Gasteiger partial charge in [-0.15, -0.1) is 0 Å². The van der Waals surface area contributed by atoms with Crippen LogP contribution in [0.15, 0.2) is 30.3 Å². The summed E-state index contributed by atoms with van der Waals surface area (Å²) in [6.45, 7) is 3.40. The number of fused-ring (bicyclic) bond motifs is 1. The summed E-state index contributed by atoms with van der Waals surface area (Å²) >= 11 is 0. The van der Waals surface area contributed by atoms with Crippen molar-refractivity contribution in [3.8, 4) is 12.1 Å². The summed E-state index contributed by atoms with van der Waals surface area (Å²) in [6, 6.07) is 13.8. The first-order chi connectivity index (χ1) is 9.30. The van der Waals surface area contributed by atoms with Gasteiger partial charge in [0.1, 0.15) is 5.82 Å². The summed E-state index contributed by atoms with van der Waals surface area (Å²) < 4.78 is 0. The molecule has 2 rings (SSSR count). The summed E-state index contributed by atoms with van der Waals surface area (Å²) in [7, 11) is 0. The molecule has 0 radical (unpaired) electrons. The lowest BCUT2D eigenvalue weighted by Gasteiger charge is -2.21. The van der Waals surface area contributed by atoms with Crippen LogP contribution in [0.25, 0.3) is 10.9 Å². The highest BCUT2D eigenvalue weighted by atomic mass is 15.2. The molecule has 1 heterocycles. The largest absolute Gasteiger partial charge is 0.356 e. The van der Waals surface area contributed by atoms with Crippen LogP contribution in [0.3, 0.4) is 0 Å². The van der Waals surface area contributed by atoms with E-state index in [0.29, 0.717) is 18.5 Å².